The molecule has 100 valence electrons. The number of hydroxylamine groups is 1. The maximum Gasteiger partial charge on any atom is 0.214 e. The van der Waals surface area contributed by atoms with Crippen molar-refractivity contribution in [1.29, 1.82) is 0 Å². The fourth-order valence-electron chi connectivity index (χ4n) is 2.49. The standard InChI is InChI=1S/C12H22N2O.C2H6/c1-4-9-5-7-10(8-6-9)11-13-12(2,3)14-15-11;1-2/h9-10,14H,4-8H2,1-3H3;1-2H3. The van der Waals surface area contributed by atoms with Crippen LogP contribution in [0.1, 0.15) is 66.7 Å². The van der Waals surface area contributed by atoms with Crippen LogP contribution in [0.5, 0.6) is 0 Å². The lowest BCUT2D eigenvalue weighted by Gasteiger charge is -2.26. The predicted octanol–water partition coefficient (Wildman–Crippen LogP) is 3.90. The molecule has 0 aromatic rings. The SMILES string of the molecule is CC.CCC1CCC(C2=NC(C)(C)NO2)CC1. The smallest absolute Gasteiger partial charge is 0.214 e. The van der Waals surface area contributed by atoms with Crippen molar-refractivity contribution in [2.24, 2.45) is 16.8 Å². The highest BCUT2D eigenvalue weighted by Gasteiger charge is 2.32. The van der Waals surface area contributed by atoms with E-state index < -0.39 is 0 Å². The Labute approximate surface area is 106 Å². The number of hydrogen-bond donors (Lipinski definition) is 1. The third kappa shape index (κ3) is 3.98. The van der Waals surface area contributed by atoms with E-state index >= 15 is 0 Å². The van der Waals surface area contributed by atoms with Gasteiger partial charge in [-0.15, -0.1) is 5.48 Å². The molecule has 3 nitrogen and oxygen atoms in total. The Hall–Kier alpha value is -0.570. The van der Waals surface area contributed by atoms with E-state index in [1.807, 2.05) is 27.7 Å². The molecule has 0 bridgehead atoms. The van der Waals surface area contributed by atoms with Crippen LogP contribution in [-0.4, -0.2) is 11.6 Å². The molecule has 1 aliphatic heterocycles. The minimum Gasteiger partial charge on any atom is -0.391 e. The van der Waals surface area contributed by atoms with Gasteiger partial charge in [0.2, 0.25) is 5.90 Å². The Bertz CT molecular complexity index is 253. The molecule has 0 saturated heterocycles. The summed E-state index contributed by atoms with van der Waals surface area (Å²) >= 11 is 0. The lowest BCUT2D eigenvalue weighted by molar-refractivity contribution is 0.126. The van der Waals surface area contributed by atoms with Gasteiger partial charge in [0.05, 0.1) is 0 Å². The summed E-state index contributed by atoms with van der Waals surface area (Å²) in [4.78, 5) is 10.1. The van der Waals surface area contributed by atoms with Crippen LogP contribution in [-0.2, 0) is 4.84 Å². The van der Waals surface area contributed by atoms with E-state index in [1.165, 1.54) is 32.1 Å². The summed E-state index contributed by atoms with van der Waals surface area (Å²) in [7, 11) is 0. The number of rotatable bonds is 2. The lowest BCUT2D eigenvalue weighted by Crippen LogP contribution is -2.31. The second kappa shape index (κ2) is 6.39. The van der Waals surface area contributed by atoms with Gasteiger partial charge in [0, 0.05) is 5.92 Å². The van der Waals surface area contributed by atoms with Gasteiger partial charge in [0.15, 0.2) is 0 Å². The Kier molecular flexibility index (Phi) is 5.44. The number of hydrogen-bond acceptors (Lipinski definition) is 3. The van der Waals surface area contributed by atoms with Gasteiger partial charge in [-0.1, -0.05) is 27.2 Å². The summed E-state index contributed by atoms with van der Waals surface area (Å²) < 4.78 is 0. The quantitative estimate of drug-likeness (QED) is 0.794. The lowest BCUT2D eigenvalue weighted by atomic mass is 9.81. The van der Waals surface area contributed by atoms with Crippen LogP contribution in [0, 0.1) is 11.8 Å². The highest BCUT2D eigenvalue weighted by Crippen LogP contribution is 2.33. The first-order chi connectivity index (χ1) is 8.11. The van der Waals surface area contributed by atoms with Crippen LogP contribution in [0.4, 0.5) is 0 Å². The van der Waals surface area contributed by atoms with E-state index in [-0.39, 0.29) is 5.66 Å². The third-order valence-electron chi connectivity index (χ3n) is 3.57. The zero-order valence-corrected chi connectivity index (χ0v) is 12.0. The molecule has 2 aliphatic rings. The Morgan fingerprint density at radius 2 is 1.82 bits per heavy atom. The maximum atomic E-state index is 5.48. The van der Waals surface area contributed by atoms with Gasteiger partial charge in [0.1, 0.15) is 5.66 Å². The molecule has 1 fully saturated rings. The second-order valence-electron chi connectivity index (χ2n) is 5.34. The summed E-state index contributed by atoms with van der Waals surface area (Å²) in [6.45, 7) is 10.4. The fraction of sp³-hybridized carbons (Fsp3) is 0.929. The molecule has 0 aromatic heterocycles. The van der Waals surface area contributed by atoms with Crippen molar-refractivity contribution in [2.75, 3.05) is 0 Å². The molecular formula is C14H28N2O. The van der Waals surface area contributed by atoms with Crippen molar-refractivity contribution in [2.45, 2.75) is 72.4 Å². The minimum atomic E-state index is -0.225. The third-order valence-corrected chi connectivity index (χ3v) is 3.57. The number of nitrogens with one attached hydrogen (secondary N) is 1. The van der Waals surface area contributed by atoms with Crippen LogP contribution >= 0.6 is 0 Å². The van der Waals surface area contributed by atoms with Crippen LogP contribution in [0.15, 0.2) is 4.99 Å². The van der Waals surface area contributed by atoms with Gasteiger partial charge in [-0.3, -0.25) is 0 Å². The molecule has 0 radical (unpaired) electrons. The average Bonchev–Trinajstić information content (AvgIpc) is 2.72. The summed E-state index contributed by atoms with van der Waals surface area (Å²) in [6, 6.07) is 0. The first-order valence-corrected chi connectivity index (χ1v) is 7.14. The van der Waals surface area contributed by atoms with E-state index in [2.05, 4.69) is 17.4 Å². The van der Waals surface area contributed by atoms with Crippen LogP contribution < -0.4 is 5.48 Å². The molecule has 1 heterocycles. The van der Waals surface area contributed by atoms with E-state index in [4.69, 9.17) is 4.84 Å². The van der Waals surface area contributed by atoms with Crippen LogP contribution in [0.2, 0.25) is 0 Å². The number of aliphatic imine (C=N–C) groups is 1. The summed E-state index contributed by atoms with van der Waals surface area (Å²) in [6.07, 6.45) is 6.49. The molecule has 3 heteroatoms. The molecule has 17 heavy (non-hydrogen) atoms. The second-order valence-corrected chi connectivity index (χ2v) is 5.34. The Balaban J connectivity index is 0.000000686. The van der Waals surface area contributed by atoms with Crippen molar-refractivity contribution >= 4 is 5.90 Å². The molecule has 1 aliphatic carbocycles. The van der Waals surface area contributed by atoms with Crippen LogP contribution in [0.25, 0.3) is 0 Å². The van der Waals surface area contributed by atoms with Crippen molar-refractivity contribution < 1.29 is 4.84 Å². The van der Waals surface area contributed by atoms with Gasteiger partial charge >= 0.3 is 0 Å². The normalized spacial score (nSPS) is 31.0. The molecule has 0 amide bonds. The largest absolute Gasteiger partial charge is 0.391 e. The average molecular weight is 240 g/mol. The van der Waals surface area contributed by atoms with Gasteiger partial charge in [-0.2, -0.15) is 0 Å². The molecule has 0 unspecified atom stereocenters. The van der Waals surface area contributed by atoms with Crippen molar-refractivity contribution in [3.05, 3.63) is 0 Å². The highest BCUT2D eigenvalue weighted by molar-refractivity contribution is 5.80. The predicted molar refractivity (Wildman–Crippen MR) is 72.8 cm³/mol. The van der Waals surface area contributed by atoms with E-state index in [0.29, 0.717) is 5.92 Å². The first-order valence-electron chi connectivity index (χ1n) is 7.14. The molecule has 0 atom stereocenters. The highest BCUT2D eigenvalue weighted by atomic mass is 16.7. The van der Waals surface area contributed by atoms with Crippen LogP contribution in [0.3, 0.4) is 0 Å². The molecule has 0 aromatic carbocycles. The van der Waals surface area contributed by atoms with Gasteiger partial charge in [-0.25, -0.2) is 4.99 Å². The summed E-state index contributed by atoms with van der Waals surface area (Å²) in [5, 5.41) is 0. The maximum absolute atomic E-state index is 5.48. The topological polar surface area (TPSA) is 33.6 Å². The van der Waals surface area contributed by atoms with Crippen molar-refractivity contribution in [3.8, 4) is 0 Å². The Morgan fingerprint density at radius 3 is 2.24 bits per heavy atom. The van der Waals surface area contributed by atoms with Gasteiger partial charge in [-0.05, 0) is 45.4 Å². The van der Waals surface area contributed by atoms with Crippen molar-refractivity contribution in [1.82, 2.24) is 5.48 Å². The van der Waals surface area contributed by atoms with Crippen molar-refractivity contribution in [3.63, 3.8) is 0 Å². The van der Waals surface area contributed by atoms with E-state index in [0.717, 1.165) is 11.8 Å². The minimum absolute atomic E-state index is 0.225. The zero-order valence-electron chi connectivity index (χ0n) is 12.0. The first kappa shape index (κ1) is 14.5. The molecule has 1 N–H and O–H groups in total. The summed E-state index contributed by atoms with van der Waals surface area (Å²) in [5.74, 6) is 2.43. The monoisotopic (exact) mass is 240 g/mol. The van der Waals surface area contributed by atoms with E-state index in [1.54, 1.807) is 0 Å². The number of nitrogens with zero attached hydrogens (tertiary/aromatic N) is 1. The molecular weight excluding hydrogens is 212 g/mol. The summed E-state index contributed by atoms with van der Waals surface area (Å²) in [5.41, 5.74) is 2.74. The van der Waals surface area contributed by atoms with Gasteiger partial charge in [0.25, 0.3) is 0 Å². The fourth-order valence-corrected chi connectivity index (χ4v) is 2.49. The van der Waals surface area contributed by atoms with Gasteiger partial charge < -0.3 is 4.84 Å². The molecule has 2 rings (SSSR count). The molecule has 1 saturated carbocycles. The zero-order chi connectivity index (χ0) is 12.9. The Morgan fingerprint density at radius 1 is 1.24 bits per heavy atom. The van der Waals surface area contributed by atoms with E-state index in [9.17, 15) is 0 Å². The molecule has 0 spiro atoms.